The SMILES string of the molecule is CCCC1(Cc2cc3c(-c4cccc5ccccc45)cccc3[cH-]2)CCCCCCCC1.CCCC1(Cc2cc3c(-c4cccc5ccccc45)cccc3[cH-]2)CCCCCCCC1.Cl.Cl.[CH3-].[CH3-].[Si]=[Zr]. The van der Waals surface area contributed by atoms with Crippen LogP contribution in [0.15, 0.2) is 146 Å². The van der Waals surface area contributed by atoms with E-state index in [4.69, 9.17) is 0 Å². The molecule has 0 heterocycles. The summed E-state index contributed by atoms with van der Waals surface area (Å²) in [5.74, 6) is 0. The molecule has 0 unspecified atom stereocenters. The normalized spacial score (nSPS) is 15.7. The first-order chi connectivity index (χ1) is 32.6. The van der Waals surface area contributed by atoms with E-state index in [9.17, 15) is 0 Å². The summed E-state index contributed by atoms with van der Waals surface area (Å²) in [6, 6.07) is 54.8. The Bertz CT molecular complexity index is 2560. The molecule has 2 fully saturated rings. The quantitative estimate of drug-likeness (QED) is 0.0946. The van der Waals surface area contributed by atoms with Crippen molar-refractivity contribution in [1.82, 2.24) is 0 Å². The Balaban J connectivity index is 0.000000279. The van der Waals surface area contributed by atoms with Crippen molar-refractivity contribution < 1.29 is 23.3 Å². The van der Waals surface area contributed by atoms with E-state index in [2.05, 4.69) is 166 Å². The van der Waals surface area contributed by atoms with E-state index >= 15 is 0 Å². The summed E-state index contributed by atoms with van der Waals surface area (Å²) in [6.45, 7) is 7.83. The minimum atomic E-state index is 0. The Morgan fingerprint density at radius 1 is 0.400 bits per heavy atom. The molecule has 0 spiro atoms. The monoisotopic (exact) mass is 1060 g/mol. The predicted octanol–water partition coefficient (Wildman–Crippen LogP) is 21.0. The molecule has 372 valence electrons. The fourth-order valence-corrected chi connectivity index (χ4v) is 12.8. The van der Waals surface area contributed by atoms with Gasteiger partial charge in [0, 0.05) is 0 Å². The van der Waals surface area contributed by atoms with E-state index in [1.165, 1.54) is 230 Å². The third-order valence-corrected chi connectivity index (χ3v) is 15.8. The van der Waals surface area contributed by atoms with E-state index < -0.39 is 0 Å². The summed E-state index contributed by atoms with van der Waals surface area (Å²) in [6.07, 6.45) is 30.7. The Morgan fingerprint density at radius 3 is 1.06 bits per heavy atom. The fraction of sp³-hybridized carbons (Fsp3) is 0.394. The predicted molar refractivity (Wildman–Crippen MR) is 314 cm³/mol. The topological polar surface area (TPSA) is 0 Å². The van der Waals surface area contributed by atoms with Crippen LogP contribution in [0.4, 0.5) is 0 Å². The number of fused-ring (bicyclic) bond motifs is 4. The van der Waals surface area contributed by atoms with Gasteiger partial charge in [-0.1, -0.05) is 212 Å². The Kier molecular flexibility index (Phi) is 24.9. The van der Waals surface area contributed by atoms with Crippen LogP contribution in [0.1, 0.15) is 153 Å². The van der Waals surface area contributed by atoms with Crippen LogP contribution < -0.4 is 0 Å². The Hall–Kier alpha value is -3.26. The van der Waals surface area contributed by atoms with Crippen molar-refractivity contribution in [3.8, 4) is 22.3 Å². The first kappa shape index (κ1) is 59.3. The number of halogens is 2. The van der Waals surface area contributed by atoms with E-state index in [0.717, 1.165) is 0 Å². The van der Waals surface area contributed by atoms with Gasteiger partial charge in [0.15, 0.2) is 0 Å². The molecule has 0 N–H and O–H groups in total. The standard InChI is InChI=1S/2C32H37.2CH3.2ClH.Si.Zr/c2*1-2-19-32(20-9-5-3-4-6-10-21-32)24-25-22-27-15-12-18-30(31(27)23-25)29-17-11-14-26-13-7-8-16-28(26)29;;;;;;/h2*7-8,11-18,22-23H,2-6,9-10,19-21,24H2,1H3;2*1H3;2*1H;;/q4*-1;;;;. The summed E-state index contributed by atoms with van der Waals surface area (Å²) in [7, 11) is 0. The summed E-state index contributed by atoms with van der Waals surface area (Å²) in [5.41, 5.74) is 9.59. The summed E-state index contributed by atoms with van der Waals surface area (Å²) in [4.78, 5) is 0. The Labute approximate surface area is 454 Å². The van der Waals surface area contributed by atoms with Crippen molar-refractivity contribution in [2.45, 2.75) is 155 Å². The van der Waals surface area contributed by atoms with Crippen LogP contribution in [-0.2, 0) is 36.2 Å². The molecule has 10 rings (SSSR count). The van der Waals surface area contributed by atoms with Crippen LogP contribution in [-0.4, -0.2) is 6.88 Å². The number of benzene rings is 6. The van der Waals surface area contributed by atoms with Crippen LogP contribution in [0.2, 0.25) is 0 Å². The molecule has 2 aliphatic carbocycles. The van der Waals surface area contributed by atoms with Crippen LogP contribution in [0.25, 0.3) is 65.3 Å². The molecule has 0 nitrogen and oxygen atoms in total. The average molecular weight is 1070 g/mol. The van der Waals surface area contributed by atoms with Crippen molar-refractivity contribution in [1.29, 1.82) is 0 Å². The molecule has 0 aromatic heterocycles. The molecule has 0 amide bonds. The molecule has 2 radical (unpaired) electrons. The van der Waals surface area contributed by atoms with Crippen molar-refractivity contribution >= 4 is 74.8 Å². The maximum atomic E-state index is 3.06. The number of hydrogen-bond donors (Lipinski definition) is 0. The fourth-order valence-electron chi connectivity index (χ4n) is 12.8. The first-order valence-electron chi connectivity index (χ1n) is 26.1. The second-order valence-electron chi connectivity index (χ2n) is 20.5. The zero-order valence-electron chi connectivity index (χ0n) is 43.2. The van der Waals surface area contributed by atoms with Gasteiger partial charge in [0.2, 0.25) is 0 Å². The molecule has 4 heteroatoms. The second-order valence-corrected chi connectivity index (χ2v) is 20.5. The third-order valence-electron chi connectivity index (χ3n) is 15.8. The molecular formula is C66H82Cl2SiZr-4. The summed E-state index contributed by atoms with van der Waals surface area (Å²) < 4.78 is 0. The molecule has 70 heavy (non-hydrogen) atoms. The van der Waals surface area contributed by atoms with Gasteiger partial charge in [0.1, 0.15) is 0 Å². The van der Waals surface area contributed by atoms with Gasteiger partial charge in [0.25, 0.3) is 0 Å². The number of rotatable bonds is 10. The third kappa shape index (κ3) is 14.5. The van der Waals surface area contributed by atoms with Gasteiger partial charge in [0.05, 0.1) is 0 Å². The van der Waals surface area contributed by atoms with Gasteiger partial charge in [-0.2, -0.15) is 12.1 Å². The van der Waals surface area contributed by atoms with Gasteiger partial charge in [-0.3, -0.25) is 0 Å². The molecule has 0 bridgehead atoms. The molecule has 8 aromatic rings. The molecule has 0 aliphatic heterocycles. The van der Waals surface area contributed by atoms with Crippen molar-refractivity contribution in [3.63, 3.8) is 0 Å². The van der Waals surface area contributed by atoms with E-state index in [-0.39, 0.29) is 39.7 Å². The van der Waals surface area contributed by atoms with Crippen LogP contribution in [0.3, 0.4) is 0 Å². The van der Waals surface area contributed by atoms with Crippen molar-refractivity contribution in [2.75, 3.05) is 0 Å². The van der Waals surface area contributed by atoms with E-state index in [0.29, 0.717) is 10.8 Å². The van der Waals surface area contributed by atoms with Crippen LogP contribution in [0, 0.1) is 25.7 Å². The zero-order chi connectivity index (χ0) is 45.6. The van der Waals surface area contributed by atoms with E-state index in [1.54, 1.807) is 11.1 Å². The van der Waals surface area contributed by atoms with Crippen LogP contribution >= 0.6 is 24.8 Å². The molecule has 2 saturated carbocycles. The van der Waals surface area contributed by atoms with Gasteiger partial charge < -0.3 is 14.9 Å². The molecular weight excluding hydrogens is 983 g/mol. The summed E-state index contributed by atoms with van der Waals surface area (Å²) in [5, 5.41) is 11.0. The minimum absolute atomic E-state index is 0. The molecule has 0 saturated heterocycles. The van der Waals surface area contributed by atoms with E-state index in [1.807, 2.05) is 0 Å². The number of hydrogen-bond acceptors (Lipinski definition) is 0. The summed E-state index contributed by atoms with van der Waals surface area (Å²) >= 11 is 1.36. The van der Waals surface area contributed by atoms with Gasteiger partial charge in [-0.25, -0.2) is 0 Å². The maximum absolute atomic E-state index is 3.06. The van der Waals surface area contributed by atoms with Gasteiger partial charge in [-0.05, 0) is 94.9 Å². The first-order valence-corrected chi connectivity index (χ1v) is 30.3. The zero-order valence-corrected chi connectivity index (χ0v) is 48.3. The molecule has 8 aromatic carbocycles. The van der Waals surface area contributed by atoms with Crippen molar-refractivity contribution in [3.05, 3.63) is 172 Å². The molecule has 0 atom stereocenters. The molecule has 2 aliphatic rings. The second kappa shape index (κ2) is 29.4. The van der Waals surface area contributed by atoms with Crippen molar-refractivity contribution in [2.24, 2.45) is 10.8 Å². The van der Waals surface area contributed by atoms with Gasteiger partial charge >= 0.3 is 30.2 Å². The van der Waals surface area contributed by atoms with Gasteiger partial charge in [-0.15, -0.1) is 93.9 Å². The van der Waals surface area contributed by atoms with Crippen LogP contribution in [0.5, 0.6) is 0 Å². The Morgan fingerprint density at radius 2 is 0.700 bits per heavy atom. The average Bonchev–Trinajstić information content (AvgIpc) is 4.01.